The number of anilines is 1. The second kappa shape index (κ2) is 7.11. The Balaban J connectivity index is 1.97. The monoisotopic (exact) mass is 353 g/mol. The molecule has 1 unspecified atom stereocenters. The van der Waals surface area contributed by atoms with E-state index in [1.165, 1.54) is 6.20 Å². The van der Waals surface area contributed by atoms with E-state index >= 15 is 0 Å². The van der Waals surface area contributed by atoms with Gasteiger partial charge in [-0.15, -0.1) is 0 Å². The number of carbonyl (C=O) groups excluding carboxylic acids is 2. The number of carbonyl (C=O) groups is 2. The molecule has 1 aromatic carbocycles. The summed E-state index contributed by atoms with van der Waals surface area (Å²) in [5, 5.41) is 0. The molecule has 7 heteroatoms. The molecule has 2 aromatic rings. The molecule has 0 radical (unpaired) electrons. The molecule has 136 valence electrons. The molecule has 3 rings (SSSR count). The molecule has 0 bridgehead atoms. The number of benzene rings is 1. The Hall–Kier alpha value is -2.96. The molecule has 1 saturated heterocycles. The highest BCUT2D eigenvalue weighted by molar-refractivity contribution is 6.00. The predicted molar refractivity (Wildman–Crippen MR) is 98.9 cm³/mol. The summed E-state index contributed by atoms with van der Waals surface area (Å²) in [4.78, 5) is 35.1. The summed E-state index contributed by atoms with van der Waals surface area (Å²) >= 11 is 0. The van der Waals surface area contributed by atoms with E-state index in [0.717, 1.165) is 12.0 Å². The Kier molecular flexibility index (Phi) is 4.88. The number of likely N-dealkylation sites (tertiary alicyclic amines) is 1. The lowest BCUT2D eigenvalue weighted by atomic mass is 9.77. The van der Waals surface area contributed by atoms with E-state index in [1.54, 1.807) is 4.90 Å². The van der Waals surface area contributed by atoms with Crippen LogP contribution in [0, 0.1) is 5.41 Å². The number of rotatable bonds is 4. The minimum absolute atomic E-state index is 0.110. The van der Waals surface area contributed by atoms with E-state index in [0.29, 0.717) is 37.2 Å². The molecule has 0 spiro atoms. The first-order valence-electron chi connectivity index (χ1n) is 8.74. The molecule has 0 aliphatic carbocycles. The van der Waals surface area contributed by atoms with Crippen LogP contribution >= 0.6 is 0 Å². The van der Waals surface area contributed by atoms with Crippen molar-refractivity contribution in [2.24, 2.45) is 11.1 Å². The van der Waals surface area contributed by atoms with Gasteiger partial charge >= 0.3 is 0 Å². The standard InChI is InChI=1S/C19H23N5O2/c1-2-19(17(20)26)9-6-10-24(12-19)16(25)14-11-22-18(21)23-15(14)13-7-4-3-5-8-13/h3-5,7-8,11H,2,6,9-10,12H2,1H3,(H2,20,26)(H2,21,22,23). The molecule has 0 saturated carbocycles. The fourth-order valence-corrected chi connectivity index (χ4v) is 3.51. The van der Waals surface area contributed by atoms with Gasteiger partial charge in [0.25, 0.3) is 5.91 Å². The molecule has 1 fully saturated rings. The summed E-state index contributed by atoms with van der Waals surface area (Å²) in [7, 11) is 0. The molecule has 2 amide bonds. The summed E-state index contributed by atoms with van der Waals surface area (Å²) in [6, 6.07) is 9.38. The van der Waals surface area contributed by atoms with Crippen LogP contribution in [0.4, 0.5) is 5.95 Å². The summed E-state index contributed by atoms with van der Waals surface area (Å²) < 4.78 is 0. The van der Waals surface area contributed by atoms with Gasteiger partial charge in [-0.1, -0.05) is 37.3 Å². The second-order valence-electron chi connectivity index (χ2n) is 6.68. The predicted octanol–water partition coefficient (Wildman–Crippen LogP) is 1.84. The van der Waals surface area contributed by atoms with Crippen molar-refractivity contribution in [3.05, 3.63) is 42.1 Å². The molecule has 26 heavy (non-hydrogen) atoms. The van der Waals surface area contributed by atoms with E-state index in [-0.39, 0.29) is 17.8 Å². The van der Waals surface area contributed by atoms with Gasteiger partial charge in [-0.05, 0) is 19.3 Å². The molecule has 1 atom stereocenters. The van der Waals surface area contributed by atoms with Crippen LogP contribution in [0.5, 0.6) is 0 Å². The van der Waals surface area contributed by atoms with Gasteiger partial charge in [-0.3, -0.25) is 9.59 Å². The van der Waals surface area contributed by atoms with Gasteiger partial charge in [-0.2, -0.15) is 0 Å². The molecular formula is C19H23N5O2. The van der Waals surface area contributed by atoms with Crippen LogP contribution in [-0.4, -0.2) is 39.8 Å². The fraction of sp³-hybridized carbons (Fsp3) is 0.368. The molecule has 4 N–H and O–H groups in total. The van der Waals surface area contributed by atoms with Gasteiger partial charge in [0, 0.05) is 24.8 Å². The minimum atomic E-state index is -0.671. The van der Waals surface area contributed by atoms with Crippen LogP contribution in [0.3, 0.4) is 0 Å². The van der Waals surface area contributed by atoms with Crippen LogP contribution in [-0.2, 0) is 4.79 Å². The quantitative estimate of drug-likeness (QED) is 0.870. The van der Waals surface area contributed by atoms with Gasteiger partial charge in [-0.25, -0.2) is 9.97 Å². The van der Waals surface area contributed by atoms with Crippen molar-refractivity contribution in [3.8, 4) is 11.3 Å². The number of amides is 2. The van der Waals surface area contributed by atoms with Crippen LogP contribution in [0.15, 0.2) is 36.5 Å². The highest BCUT2D eigenvalue weighted by Gasteiger charge is 2.41. The number of aromatic nitrogens is 2. The van der Waals surface area contributed by atoms with Crippen LogP contribution in [0.25, 0.3) is 11.3 Å². The van der Waals surface area contributed by atoms with Gasteiger partial charge in [0.2, 0.25) is 11.9 Å². The lowest BCUT2D eigenvalue weighted by molar-refractivity contribution is -0.130. The van der Waals surface area contributed by atoms with Crippen molar-refractivity contribution in [1.29, 1.82) is 0 Å². The number of nitrogens with two attached hydrogens (primary N) is 2. The first-order chi connectivity index (χ1) is 12.5. The van der Waals surface area contributed by atoms with Crippen molar-refractivity contribution >= 4 is 17.8 Å². The maximum Gasteiger partial charge on any atom is 0.257 e. The zero-order valence-electron chi connectivity index (χ0n) is 14.8. The maximum atomic E-state index is 13.2. The van der Waals surface area contributed by atoms with E-state index in [9.17, 15) is 9.59 Å². The SMILES string of the molecule is CCC1(C(N)=O)CCCN(C(=O)c2cnc(N)nc2-c2ccccc2)C1. The number of hydrogen-bond acceptors (Lipinski definition) is 5. The zero-order chi connectivity index (χ0) is 18.7. The third kappa shape index (κ3) is 3.24. The summed E-state index contributed by atoms with van der Waals surface area (Å²) in [5.74, 6) is -0.448. The number of piperidine rings is 1. The fourth-order valence-electron chi connectivity index (χ4n) is 3.51. The largest absolute Gasteiger partial charge is 0.369 e. The third-order valence-corrected chi connectivity index (χ3v) is 5.15. The second-order valence-corrected chi connectivity index (χ2v) is 6.68. The lowest BCUT2D eigenvalue weighted by Gasteiger charge is -2.40. The lowest BCUT2D eigenvalue weighted by Crippen LogP contribution is -2.52. The number of hydrogen-bond donors (Lipinski definition) is 2. The first kappa shape index (κ1) is 17.8. The molecule has 1 aliphatic heterocycles. The minimum Gasteiger partial charge on any atom is -0.369 e. The van der Waals surface area contributed by atoms with Gasteiger partial charge in [0.1, 0.15) is 0 Å². The summed E-state index contributed by atoms with van der Waals surface area (Å²) in [6.45, 7) is 2.82. The van der Waals surface area contributed by atoms with Crippen molar-refractivity contribution in [3.63, 3.8) is 0 Å². The summed E-state index contributed by atoms with van der Waals surface area (Å²) in [5.41, 5.74) is 12.4. The Morgan fingerprint density at radius 1 is 1.27 bits per heavy atom. The van der Waals surface area contributed by atoms with Gasteiger partial charge in [0.15, 0.2) is 0 Å². The number of primary amides is 1. The molecule has 1 aliphatic rings. The van der Waals surface area contributed by atoms with Crippen molar-refractivity contribution in [1.82, 2.24) is 14.9 Å². The molecule has 7 nitrogen and oxygen atoms in total. The van der Waals surface area contributed by atoms with Crippen LogP contribution < -0.4 is 11.5 Å². The van der Waals surface area contributed by atoms with Crippen molar-refractivity contribution < 1.29 is 9.59 Å². The Bertz CT molecular complexity index is 824. The Morgan fingerprint density at radius 2 is 2.00 bits per heavy atom. The van der Waals surface area contributed by atoms with Crippen LogP contribution in [0.1, 0.15) is 36.5 Å². The van der Waals surface area contributed by atoms with E-state index in [2.05, 4.69) is 9.97 Å². The van der Waals surface area contributed by atoms with E-state index < -0.39 is 5.41 Å². The first-order valence-corrected chi connectivity index (χ1v) is 8.74. The highest BCUT2D eigenvalue weighted by Crippen LogP contribution is 2.34. The Labute approximate surface area is 152 Å². The average molecular weight is 353 g/mol. The van der Waals surface area contributed by atoms with E-state index in [4.69, 9.17) is 11.5 Å². The van der Waals surface area contributed by atoms with Crippen molar-refractivity contribution in [2.75, 3.05) is 18.8 Å². The smallest absolute Gasteiger partial charge is 0.257 e. The van der Waals surface area contributed by atoms with Gasteiger partial charge < -0.3 is 16.4 Å². The summed E-state index contributed by atoms with van der Waals surface area (Å²) in [6.07, 6.45) is 3.50. The Morgan fingerprint density at radius 3 is 2.65 bits per heavy atom. The molecular weight excluding hydrogens is 330 g/mol. The highest BCUT2D eigenvalue weighted by atomic mass is 16.2. The molecule has 2 heterocycles. The third-order valence-electron chi connectivity index (χ3n) is 5.15. The average Bonchev–Trinajstić information content (AvgIpc) is 2.68. The molecule has 1 aromatic heterocycles. The van der Waals surface area contributed by atoms with E-state index in [1.807, 2.05) is 37.3 Å². The number of nitrogens with zero attached hydrogens (tertiary/aromatic N) is 3. The topological polar surface area (TPSA) is 115 Å². The number of nitrogen functional groups attached to an aromatic ring is 1. The normalized spacial score (nSPS) is 20.0. The van der Waals surface area contributed by atoms with Crippen LogP contribution in [0.2, 0.25) is 0 Å². The van der Waals surface area contributed by atoms with Crippen molar-refractivity contribution in [2.45, 2.75) is 26.2 Å². The van der Waals surface area contributed by atoms with Gasteiger partial charge in [0.05, 0.1) is 16.7 Å². The maximum absolute atomic E-state index is 13.2. The zero-order valence-corrected chi connectivity index (χ0v) is 14.8.